The summed E-state index contributed by atoms with van der Waals surface area (Å²) in [6.07, 6.45) is 2.69. The highest BCUT2D eigenvalue weighted by molar-refractivity contribution is 9.10. The third-order valence-electron chi connectivity index (χ3n) is 2.86. The van der Waals surface area contributed by atoms with Gasteiger partial charge in [-0.2, -0.15) is 19.3 Å². The van der Waals surface area contributed by atoms with Crippen molar-refractivity contribution in [2.75, 3.05) is 0 Å². The Morgan fingerprint density at radius 2 is 2.00 bits per heavy atom. The van der Waals surface area contributed by atoms with Gasteiger partial charge in [-0.25, -0.2) is 9.78 Å². The second-order valence-electron chi connectivity index (χ2n) is 4.24. The van der Waals surface area contributed by atoms with Crippen molar-refractivity contribution in [2.45, 2.75) is 6.61 Å². The van der Waals surface area contributed by atoms with Gasteiger partial charge in [0.25, 0.3) is 0 Å². The van der Waals surface area contributed by atoms with Crippen molar-refractivity contribution >= 4 is 15.9 Å². The van der Waals surface area contributed by atoms with Crippen LogP contribution in [0.4, 0.5) is 0 Å². The third-order valence-corrected chi connectivity index (χ3v) is 3.60. The molecule has 0 fully saturated rings. The standard InChI is InChI=1S/C12H10BrN7O2/c1-19-12(21)20(18-17-19)10-4-2-3-9(13)8(10)5-22-11-15-6-14-7-16-11/h2-4,6-7H,5H2,1H3. The molecule has 22 heavy (non-hydrogen) atoms. The Balaban J connectivity index is 1.97. The van der Waals surface area contributed by atoms with Gasteiger partial charge in [0.05, 0.1) is 5.69 Å². The zero-order valence-electron chi connectivity index (χ0n) is 11.4. The molecule has 0 saturated carbocycles. The summed E-state index contributed by atoms with van der Waals surface area (Å²) < 4.78 is 8.65. The highest BCUT2D eigenvalue weighted by Crippen LogP contribution is 2.23. The maximum absolute atomic E-state index is 12.0. The SMILES string of the molecule is Cn1nnn(-c2cccc(Br)c2COc2ncncn2)c1=O. The third kappa shape index (κ3) is 2.72. The van der Waals surface area contributed by atoms with Gasteiger partial charge in [0.15, 0.2) is 0 Å². The molecule has 0 unspecified atom stereocenters. The van der Waals surface area contributed by atoms with E-state index in [4.69, 9.17) is 4.74 Å². The van der Waals surface area contributed by atoms with E-state index in [1.165, 1.54) is 24.4 Å². The van der Waals surface area contributed by atoms with Gasteiger partial charge in [-0.1, -0.05) is 22.0 Å². The average Bonchev–Trinajstić information content (AvgIpc) is 2.86. The molecule has 0 N–H and O–H groups in total. The van der Waals surface area contributed by atoms with Crippen LogP contribution in [0.15, 0.2) is 40.1 Å². The molecule has 0 radical (unpaired) electrons. The maximum atomic E-state index is 12.0. The fourth-order valence-electron chi connectivity index (χ4n) is 1.79. The summed E-state index contributed by atoms with van der Waals surface area (Å²) in [6.45, 7) is 0.157. The molecule has 112 valence electrons. The van der Waals surface area contributed by atoms with Crippen LogP contribution in [0.5, 0.6) is 6.01 Å². The molecule has 1 aromatic carbocycles. The van der Waals surface area contributed by atoms with E-state index in [1.807, 2.05) is 6.07 Å². The summed E-state index contributed by atoms with van der Waals surface area (Å²) in [5.41, 5.74) is 0.951. The minimum absolute atomic E-state index is 0.157. The largest absolute Gasteiger partial charge is 0.458 e. The Morgan fingerprint density at radius 3 is 2.68 bits per heavy atom. The van der Waals surface area contributed by atoms with Crippen LogP contribution in [0, 0.1) is 0 Å². The van der Waals surface area contributed by atoms with Crippen LogP contribution in [0.2, 0.25) is 0 Å². The quantitative estimate of drug-likeness (QED) is 0.664. The van der Waals surface area contributed by atoms with E-state index in [0.29, 0.717) is 5.69 Å². The Hall–Kier alpha value is -2.62. The minimum atomic E-state index is -0.348. The summed E-state index contributed by atoms with van der Waals surface area (Å²) in [4.78, 5) is 23.5. The monoisotopic (exact) mass is 363 g/mol. The number of tetrazole rings is 1. The molecular weight excluding hydrogens is 354 g/mol. The molecule has 0 atom stereocenters. The number of benzene rings is 1. The van der Waals surface area contributed by atoms with Crippen molar-refractivity contribution in [3.63, 3.8) is 0 Å². The van der Waals surface area contributed by atoms with E-state index in [1.54, 1.807) is 12.1 Å². The number of halogens is 1. The smallest absolute Gasteiger partial charge is 0.368 e. The number of nitrogens with zero attached hydrogens (tertiary/aromatic N) is 7. The van der Waals surface area contributed by atoms with Gasteiger partial charge in [0.2, 0.25) is 0 Å². The predicted molar refractivity (Wildman–Crippen MR) is 78.5 cm³/mol. The molecule has 0 bridgehead atoms. The molecule has 2 heterocycles. The Bertz CT molecular complexity index is 846. The van der Waals surface area contributed by atoms with Crippen molar-refractivity contribution in [2.24, 2.45) is 7.05 Å². The van der Waals surface area contributed by atoms with Crippen LogP contribution < -0.4 is 10.4 Å². The Morgan fingerprint density at radius 1 is 1.23 bits per heavy atom. The van der Waals surface area contributed by atoms with Crippen molar-refractivity contribution in [3.05, 3.63) is 51.4 Å². The maximum Gasteiger partial charge on any atom is 0.368 e. The summed E-state index contributed by atoms with van der Waals surface area (Å²) in [5.74, 6) is 0. The first-order valence-corrected chi connectivity index (χ1v) is 6.97. The Kier molecular flexibility index (Phi) is 3.92. The van der Waals surface area contributed by atoms with Gasteiger partial charge in [0.1, 0.15) is 19.3 Å². The summed E-state index contributed by atoms with van der Waals surface area (Å²) in [6, 6.07) is 5.60. The van der Waals surface area contributed by atoms with Gasteiger partial charge in [-0.3, -0.25) is 0 Å². The van der Waals surface area contributed by atoms with Crippen LogP contribution in [-0.4, -0.2) is 34.7 Å². The fourth-order valence-corrected chi connectivity index (χ4v) is 2.26. The molecule has 0 aliphatic rings. The lowest BCUT2D eigenvalue weighted by molar-refractivity contribution is 0.278. The number of rotatable bonds is 4. The molecular formula is C12H10BrN7O2. The van der Waals surface area contributed by atoms with E-state index in [0.717, 1.165) is 14.7 Å². The lowest BCUT2D eigenvalue weighted by atomic mass is 10.2. The van der Waals surface area contributed by atoms with Gasteiger partial charge < -0.3 is 4.74 Å². The molecule has 3 rings (SSSR count). The second-order valence-corrected chi connectivity index (χ2v) is 5.10. The van der Waals surface area contributed by atoms with Gasteiger partial charge in [-0.05, 0) is 22.6 Å². The van der Waals surface area contributed by atoms with Crippen LogP contribution in [-0.2, 0) is 13.7 Å². The highest BCUT2D eigenvalue weighted by Gasteiger charge is 2.14. The number of hydrogen-bond donors (Lipinski definition) is 0. The normalized spacial score (nSPS) is 10.6. The zero-order valence-corrected chi connectivity index (χ0v) is 13.0. The number of aromatic nitrogens is 7. The molecule has 3 aromatic rings. The van der Waals surface area contributed by atoms with E-state index in [2.05, 4.69) is 41.3 Å². The van der Waals surface area contributed by atoms with Crippen molar-refractivity contribution < 1.29 is 4.74 Å². The van der Waals surface area contributed by atoms with Gasteiger partial charge in [0, 0.05) is 17.1 Å². The topological polar surface area (TPSA) is 101 Å². The molecule has 2 aromatic heterocycles. The average molecular weight is 364 g/mol. The predicted octanol–water partition coefficient (Wildman–Crippen LogP) is 0.492. The highest BCUT2D eigenvalue weighted by atomic mass is 79.9. The first kappa shape index (κ1) is 14.3. The van der Waals surface area contributed by atoms with E-state index >= 15 is 0 Å². The lowest BCUT2D eigenvalue weighted by Crippen LogP contribution is -2.23. The molecule has 10 heteroatoms. The number of hydrogen-bond acceptors (Lipinski definition) is 7. The fraction of sp³-hybridized carbons (Fsp3) is 0.167. The van der Waals surface area contributed by atoms with Crippen molar-refractivity contribution in [1.29, 1.82) is 0 Å². The van der Waals surface area contributed by atoms with E-state index < -0.39 is 0 Å². The van der Waals surface area contributed by atoms with E-state index in [9.17, 15) is 4.79 Å². The zero-order chi connectivity index (χ0) is 15.5. The van der Waals surface area contributed by atoms with Crippen LogP contribution in [0.25, 0.3) is 5.69 Å². The molecule has 0 aliphatic carbocycles. The molecule has 9 nitrogen and oxygen atoms in total. The minimum Gasteiger partial charge on any atom is -0.458 e. The van der Waals surface area contributed by atoms with Crippen LogP contribution >= 0.6 is 15.9 Å². The summed E-state index contributed by atoms with van der Waals surface area (Å²) in [7, 11) is 1.53. The number of aryl methyl sites for hydroxylation is 1. The summed E-state index contributed by atoms with van der Waals surface area (Å²) in [5, 5.41) is 7.55. The molecule has 0 spiro atoms. The van der Waals surface area contributed by atoms with Gasteiger partial charge >= 0.3 is 11.7 Å². The van der Waals surface area contributed by atoms with E-state index in [-0.39, 0.29) is 18.3 Å². The first-order chi connectivity index (χ1) is 10.7. The summed E-state index contributed by atoms with van der Waals surface area (Å²) >= 11 is 3.45. The second kappa shape index (κ2) is 6.02. The first-order valence-electron chi connectivity index (χ1n) is 6.18. The van der Waals surface area contributed by atoms with Gasteiger partial charge in [-0.15, -0.1) is 0 Å². The molecule has 0 amide bonds. The van der Waals surface area contributed by atoms with Crippen LogP contribution in [0.1, 0.15) is 5.56 Å². The lowest BCUT2D eigenvalue weighted by Gasteiger charge is -2.10. The van der Waals surface area contributed by atoms with Crippen LogP contribution in [0.3, 0.4) is 0 Å². The molecule has 0 saturated heterocycles. The number of ether oxygens (including phenoxy) is 1. The molecule has 0 aliphatic heterocycles. The van der Waals surface area contributed by atoms with Crippen molar-refractivity contribution in [3.8, 4) is 11.7 Å². The van der Waals surface area contributed by atoms with Crippen molar-refractivity contribution in [1.82, 2.24) is 34.7 Å². The Labute approximate surface area is 132 Å².